The van der Waals surface area contributed by atoms with Crippen LogP contribution in [0.2, 0.25) is 0 Å². The molecule has 20 heavy (non-hydrogen) atoms. The van der Waals surface area contributed by atoms with Gasteiger partial charge in [-0.15, -0.1) is 0 Å². The molecule has 0 heterocycles. The zero-order valence-corrected chi connectivity index (χ0v) is 14.4. The van der Waals surface area contributed by atoms with E-state index < -0.39 is 0 Å². The van der Waals surface area contributed by atoms with E-state index in [4.69, 9.17) is 0 Å². The van der Waals surface area contributed by atoms with Crippen LogP contribution >= 0.6 is 0 Å². The molecule has 0 aromatic carbocycles. The molecule has 0 aliphatic rings. The van der Waals surface area contributed by atoms with Gasteiger partial charge >= 0.3 is 0 Å². The largest absolute Gasteiger partial charge is 0.295 e. The SMILES string of the molecule is CC(C)CC[C@H](C)/C=C/CC/C=C/C(=O)[C@H](C)C(C)C. The molecule has 0 radical (unpaired) electrons. The number of ketones is 1. The van der Waals surface area contributed by atoms with Crippen LogP contribution in [-0.2, 0) is 4.79 Å². The average molecular weight is 278 g/mol. The molecule has 0 unspecified atom stereocenters. The number of hydrogen-bond acceptors (Lipinski definition) is 1. The second-order valence-corrected chi connectivity index (χ2v) is 6.79. The van der Waals surface area contributed by atoms with Crippen molar-refractivity contribution in [2.24, 2.45) is 23.7 Å². The van der Waals surface area contributed by atoms with Crippen LogP contribution in [0.3, 0.4) is 0 Å². The van der Waals surface area contributed by atoms with Gasteiger partial charge < -0.3 is 0 Å². The molecule has 0 spiro atoms. The summed E-state index contributed by atoms with van der Waals surface area (Å²) in [4.78, 5) is 11.8. The van der Waals surface area contributed by atoms with Crippen molar-refractivity contribution in [1.82, 2.24) is 0 Å². The van der Waals surface area contributed by atoms with E-state index >= 15 is 0 Å². The Balaban J connectivity index is 3.82. The lowest BCUT2D eigenvalue weighted by molar-refractivity contribution is -0.118. The van der Waals surface area contributed by atoms with Crippen LogP contribution < -0.4 is 0 Å². The van der Waals surface area contributed by atoms with E-state index in [2.05, 4.69) is 46.8 Å². The molecule has 0 aromatic rings. The van der Waals surface area contributed by atoms with Crippen molar-refractivity contribution < 1.29 is 4.79 Å². The number of rotatable bonds is 10. The van der Waals surface area contributed by atoms with E-state index in [1.54, 1.807) is 6.08 Å². The van der Waals surface area contributed by atoms with Crippen LogP contribution in [0, 0.1) is 23.7 Å². The topological polar surface area (TPSA) is 17.1 Å². The number of carbonyl (C=O) groups is 1. The highest BCUT2D eigenvalue weighted by atomic mass is 16.1. The molecule has 116 valence electrons. The van der Waals surface area contributed by atoms with Gasteiger partial charge in [-0.2, -0.15) is 0 Å². The molecular formula is C19H34O. The summed E-state index contributed by atoms with van der Waals surface area (Å²) in [5, 5.41) is 0. The molecule has 0 aliphatic heterocycles. The highest BCUT2D eigenvalue weighted by Crippen LogP contribution is 2.14. The first-order chi connectivity index (χ1) is 9.34. The molecule has 2 atom stereocenters. The third-order valence-corrected chi connectivity index (χ3v) is 3.89. The monoisotopic (exact) mass is 278 g/mol. The fraction of sp³-hybridized carbons (Fsp3) is 0.737. The summed E-state index contributed by atoms with van der Waals surface area (Å²) in [5.74, 6) is 2.28. The van der Waals surface area contributed by atoms with Gasteiger partial charge in [0.25, 0.3) is 0 Å². The van der Waals surface area contributed by atoms with Crippen molar-refractivity contribution in [3.05, 3.63) is 24.3 Å². The van der Waals surface area contributed by atoms with Crippen LogP contribution in [0.25, 0.3) is 0 Å². The Bertz CT molecular complexity index is 310. The van der Waals surface area contributed by atoms with E-state index in [1.165, 1.54) is 12.8 Å². The maximum absolute atomic E-state index is 11.8. The lowest BCUT2D eigenvalue weighted by Crippen LogP contribution is -2.14. The third kappa shape index (κ3) is 10.00. The molecule has 0 rings (SSSR count). The minimum absolute atomic E-state index is 0.137. The Morgan fingerprint density at radius 2 is 1.50 bits per heavy atom. The van der Waals surface area contributed by atoms with Gasteiger partial charge in [0.15, 0.2) is 5.78 Å². The Morgan fingerprint density at radius 1 is 0.900 bits per heavy atom. The van der Waals surface area contributed by atoms with Crippen LogP contribution in [0.5, 0.6) is 0 Å². The second-order valence-electron chi connectivity index (χ2n) is 6.79. The predicted molar refractivity (Wildman–Crippen MR) is 89.8 cm³/mol. The molecule has 0 aromatic heterocycles. The quantitative estimate of drug-likeness (QED) is 0.280. The van der Waals surface area contributed by atoms with Gasteiger partial charge in [-0.25, -0.2) is 0 Å². The molecule has 0 N–H and O–H groups in total. The van der Waals surface area contributed by atoms with Gasteiger partial charge in [0.1, 0.15) is 0 Å². The van der Waals surface area contributed by atoms with Crippen molar-refractivity contribution in [2.75, 3.05) is 0 Å². The highest BCUT2D eigenvalue weighted by Gasteiger charge is 2.12. The zero-order chi connectivity index (χ0) is 15.5. The summed E-state index contributed by atoms with van der Waals surface area (Å²) < 4.78 is 0. The van der Waals surface area contributed by atoms with E-state index in [9.17, 15) is 4.79 Å². The molecule has 1 heteroatoms. The molecule has 0 aliphatic carbocycles. The molecule has 0 saturated heterocycles. The average Bonchev–Trinajstić information content (AvgIpc) is 2.38. The zero-order valence-electron chi connectivity index (χ0n) is 14.4. The molecule has 0 fully saturated rings. The number of hydrogen-bond donors (Lipinski definition) is 0. The fourth-order valence-electron chi connectivity index (χ4n) is 1.89. The van der Waals surface area contributed by atoms with Crippen molar-refractivity contribution in [2.45, 2.75) is 67.2 Å². The Labute approximate surface area is 126 Å². The number of unbranched alkanes of at least 4 members (excludes halogenated alkanes) is 1. The summed E-state index contributed by atoms with van der Waals surface area (Å²) in [6, 6.07) is 0. The smallest absolute Gasteiger partial charge is 0.158 e. The van der Waals surface area contributed by atoms with Crippen molar-refractivity contribution in [3.63, 3.8) is 0 Å². The Morgan fingerprint density at radius 3 is 2.05 bits per heavy atom. The second kappa shape index (κ2) is 10.9. The maximum atomic E-state index is 11.8. The predicted octanol–water partition coefficient (Wildman–Crippen LogP) is 5.81. The van der Waals surface area contributed by atoms with Crippen LogP contribution in [0.4, 0.5) is 0 Å². The van der Waals surface area contributed by atoms with E-state index in [0.717, 1.165) is 18.8 Å². The lowest BCUT2D eigenvalue weighted by Gasteiger charge is -2.10. The van der Waals surface area contributed by atoms with E-state index in [1.807, 2.05) is 13.0 Å². The van der Waals surface area contributed by atoms with Crippen molar-refractivity contribution in [3.8, 4) is 0 Å². The minimum atomic E-state index is 0.137. The molecule has 0 amide bonds. The highest BCUT2D eigenvalue weighted by molar-refractivity contribution is 5.91. The molecule has 0 bridgehead atoms. The van der Waals surface area contributed by atoms with E-state index in [-0.39, 0.29) is 11.7 Å². The number of carbonyl (C=O) groups excluding carboxylic acids is 1. The minimum Gasteiger partial charge on any atom is -0.295 e. The first-order valence-corrected chi connectivity index (χ1v) is 8.21. The van der Waals surface area contributed by atoms with Gasteiger partial charge in [0.2, 0.25) is 0 Å². The van der Waals surface area contributed by atoms with Gasteiger partial charge in [0.05, 0.1) is 0 Å². The van der Waals surface area contributed by atoms with Gasteiger partial charge in [-0.1, -0.05) is 66.2 Å². The standard InChI is InChI=1S/C19H34O/c1-15(2)13-14-17(5)11-9-7-8-10-12-19(20)18(6)16(3)4/h9-12,15-18H,7-8,13-14H2,1-6H3/b11-9+,12-10+/t17-,18-/m1/s1. The normalized spacial score (nSPS) is 15.6. The van der Waals surface area contributed by atoms with E-state index in [0.29, 0.717) is 11.8 Å². The van der Waals surface area contributed by atoms with Crippen molar-refractivity contribution >= 4 is 5.78 Å². The summed E-state index contributed by atoms with van der Waals surface area (Å²) in [5.41, 5.74) is 0. The summed E-state index contributed by atoms with van der Waals surface area (Å²) in [6.07, 6.45) is 12.9. The van der Waals surface area contributed by atoms with Crippen LogP contribution in [0.1, 0.15) is 67.2 Å². The molecule has 1 nitrogen and oxygen atoms in total. The van der Waals surface area contributed by atoms with Crippen LogP contribution in [0.15, 0.2) is 24.3 Å². The Hall–Kier alpha value is -0.850. The summed E-state index contributed by atoms with van der Waals surface area (Å²) in [7, 11) is 0. The lowest BCUT2D eigenvalue weighted by atomic mass is 9.93. The van der Waals surface area contributed by atoms with Gasteiger partial charge in [0, 0.05) is 5.92 Å². The third-order valence-electron chi connectivity index (χ3n) is 3.89. The van der Waals surface area contributed by atoms with Gasteiger partial charge in [-0.05, 0) is 43.1 Å². The van der Waals surface area contributed by atoms with Crippen LogP contribution in [-0.4, -0.2) is 5.78 Å². The molecular weight excluding hydrogens is 244 g/mol. The van der Waals surface area contributed by atoms with Gasteiger partial charge in [-0.3, -0.25) is 4.79 Å². The Kier molecular flexibility index (Phi) is 10.4. The first kappa shape index (κ1) is 19.1. The summed E-state index contributed by atoms with van der Waals surface area (Å²) in [6.45, 7) is 13.0. The first-order valence-electron chi connectivity index (χ1n) is 8.21. The fourth-order valence-corrected chi connectivity index (χ4v) is 1.89. The van der Waals surface area contributed by atoms with Crippen molar-refractivity contribution in [1.29, 1.82) is 0 Å². The maximum Gasteiger partial charge on any atom is 0.158 e. The summed E-state index contributed by atoms with van der Waals surface area (Å²) >= 11 is 0. The molecule has 0 saturated carbocycles. The number of allylic oxidation sites excluding steroid dienone is 4.